The van der Waals surface area contributed by atoms with Gasteiger partial charge >= 0.3 is 0 Å². The molecule has 20 heavy (non-hydrogen) atoms. The number of para-hydroxylation sites is 1. The van der Waals surface area contributed by atoms with E-state index in [0.717, 1.165) is 24.4 Å². The molecule has 2 N–H and O–H groups in total. The van der Waals surface area contributed by atoms with Crippen LogP contribution in [0, 0.1) is 0 Å². The van der Waals surface area contributed by atoms with E-state index in [4.69, 9.17) is 10.5 Å². The van der Waals surface area contributed by atoms with Gasteiger partial charge in [-0.05, 0) is 36.8 Å². The van der Waals surface area contributed by atoms with Gasteiger partial charge in [0.25, 0.3) is 0 Å². The summed E-state index contributed by atoms with van der Waals surface area (Å²) in [4.78, 5) is 2.30. The fourth-order valence-electron chi connectivity index (χ4n) is 2.14. The fraction of sp³-hybridized carbons (Fsp3) is 0.294. The molecule has 3 nitrogen and oxygen atoms in total. The average molecular weight is 270 g/mol. The van der Waals surface area contributed by atoms with E-state index in [1.165, 1.54) is 5.69 Å². The number of nitrogens with zero attached hydrogens (tertiary/aromatic N) is 1. The van der Waals surface area contributed by atoms with Crippen molar-refractivity contribution in [2.24, 2.45) is 5.73 Å². The predicted molar refractivity (Wildman–Crippen MR) is 84.2 cm³/mol. The van der Waals surface area contributed by atoms with Crippen LogP contribution in [0.4, 0.5) is 5.69 Å². The molecule has 0 spiro atoms. The zero-order valence-electron chi connectivity index (χ0n) is 12.0. The van der Waals surface area contributed by atoms with Gasteiger partial charge in [0.1, 0.15) is 12.4 Å². The Morgan fingerprint density at radius 1 is 1.05 bits per heavy atom. The van der Waals surface area contributed by atoms with E-state index in [1.807, 2.05) is 30.3 Å². The Labute approximate surface area is 121 Å². The molecule has 0 amide bonds. The first-order chi connectivity index (χ1) is 9.83. The van der Waals surface area contributed by atoms with E-state index in [1.54, 1.807) is 0 Å². The zero-order valence-corrected chi connectivity index (χ0v) is 12.0. The van der Waals surface area contributed by atoms with Crippen LogP contribution in [0.15, 0.2) is 54.6 Å². The van der Waals surface area contributed by atoms with Gasteiger partial charge in [0.05, 0.1) is 6.54 Å². The van der Waals surface area contributed by atoms with E-state index in [9.17, 15) is 0 Å². The minimum absolute atomic E-state index is 0.544. The van der Waals surface area contributed by atoms with Gasteiger partial charge in [-0.15, -0.1) is 0 Å². The monoisotopic (exact) mass is 270 g/mol. The summed E-state index contributed by atoms with van der Waals surface area (Å²) in [5, 5.41) is 0. The SMILES string of the molecule is CCN(CCOc1cccc(CN)c1)c1ccccc1. The first-order valence-corrected chi connectivity index (χ1v) is 7.05. The van der Waals surface area contributed by atoms with Crippen LogP contribution >= 0.6 is 0 Å². The second-order valence-electron chi connectivity index (χ2n) is 4.62. The third kappa shape index (κ3) is 4.00. The highest BCUT2D eigenvalue weighted by molar-refractivity contribution is 5.45. The summed E-state index contributed by atoms with van der Waals surface area (Å²) in [6.07, 6.45) is 0. The number of rotatable bonds is 7. The molecule has 0 aliphatic heterocycles. The van der Waals surface area contributed by atoms with Crippen LogP contribution in [0.3, 0.4) is 0 Å². The Morgan fingerprint density at radius 3 is 2.55 bits per heavy atom. The Kier molecular flexibility index (Phi) is 5.44. The molecule has 3 heteroatoms. The van der Waals surface area contributed by atoms with Gasteiger partial charge in [0, 0.05) is 18.8 Å². The topological polar surface area (TPSA) is 38.5 Å². The van der Waals surface area contributed by atoms with Crippen molar-refractivity contribution in [1.82, 2.24) is 0 Å². The second kappa shape index (κ2) is 7.56. The second-order valence-corrected chi connectivity index (χ2v) is 4.62. The molecular weight excluding hydrogens is 248 g/mol. The molecule has 2 aromatic carbocycles. The molecule has 0 aromatic heterocycles. The van der Waals surface area contributed by atoms with Gasteiger partial charge in [-0.2, -0.15) is 0 Å². The highest BCUT2D eigenvalue weighted by Gasteiger charge is 2.03. The number of likely N-dealkylation sites (N-methyl/N-ethyl adjacent to an activating group) is 1. The Bertz CT molecular complexity index is 513. The largest absolute Gasteiger partial charge is 0.492 e. The molecule has 2 rings (SSSR count). The van der Waals surface area contributed by atoms with Gasteiger partial charge in [-0.3, -0.25) is 0 Å². The van der Waals surface area contributed by atoms with Gasteiger partial charge in [0.2, 0.25) is 0 Å². The van der Waals surface area contributed by atoms with Crippen LogP contribution in [-0.2, 0) is 6.54 Å². The molecule has 0 fully saturated rings. The predicted octanol–water partition coefficient (Wildman–Crippen LogP) is 3.05. The molecule has 0 heterocycles. The van der Waals surface area contributed by atoms with E-state index in [0.29, 0.717) is 13.2 Å². The maximum absolute atomic E-state index is 5.81. The summed E-state index contributed by atoms with van der Waals surface area (Å²) in [6, 6.07) is 18.4. The van der Waals surface area contributed by atoms with Gasteiger partial charge in [0.15, 0.2) is 0 Å². The highest BCUT2D eigenvalue weighted by Crippen LogP contribution is 2.15. The first-order valence-electron chi connectivity index (χ1n) is 7.05. The van der Waals surface area contributed by atoms with Crippen LogP contribution in [0.1, 0.15) is 12.5 Å². The van der Waals surface area contributed by atoms with Crippen molar-refractivity contribution in [1.29, 1.82) is 0 Å². The molecule has 0 unspecified atom stereocenters. The van der Waals surface area contributed by atoms with Crippen LogP contribution in [0.25, 0.3) is 0 Å². The van der Waals surface area contributed by atoms with Crippen molar-refractivity contribution in [3.63, 3.8) is 0 Å². The van der Waals surface area contributed by atoms with E-state index in [-0.39, 0.29) is 0 Å². The maximum atomic E-state index is 5.81. The van der Waals surface area contributed by atoms with Crippen LogP contribution < -0.4 is 15.4 Å². The molecule has 0 aliphatic carbocycles. The van der Waals surface area contributed by atoms with Gasteiger partial charge < -0.3 is 15.4 Å². The summed E-state index contributed by atoms with van der Waals surface area (Å²) in [5.41, 5.74) is 7.96. The lowest BCUT2D eigenvalue weighted by Gasteiger charge is -2.23. The van der Waals surface area contributed by atoms with Crippen molar-refractivity contribution >= 4 is 5.69 Å². The van der Waals surface area contributed by atoms with E-state index in [2.05, 4.69) is 36.1 Å². The lowest BCUT2D eigenvalue weighted by molar-refractivity contribution is 0.324. The molecule has 0 saturated heterocycles. The summed E-state index contributed by atoms with van der Waals surface area (Å²) >= 11 is 0. The summed E-state index contributed by atoms with van der Waals surface area (Å²) < 4.78 is 5.81. The normalized spacial score (nSPS) is 10.3. The number of anilines is 1. The third-order valence-corrected chi connectivity index (χ3v) is 3.27. The number of hydrogen-bond acceptors (Lipinski definition) is 3. The van der Waals surface area contributed by atoms with Crippen molar-refractivity contribution in [2.45, 2.75) is 13.5 Å². The van der Waals surface area contributed by atoms with Crippen molar-refractivity contribution in [3.05, 3.63) is 60.2 Å². The van der Waals surface area contributed by atoms with E-state index < -0.39 is 0 Å². The number of hydrogen-bond donors (Lipinski definition) is 1. The molecule has 2 aromatic rings. The molecule has 0 aliphatic rings. The fourth-order valence-corrected chi connectivity index (χ4v) is 2.14. The number of benzene rings is 2. The lowest BCUT2D eigenvalue weighted by Crippen LogP contribution is -2.27. The van der Waals surface area contributed by atoms with Crippen molar-refractivity contribution in [2.75, 3.05) is 24.6 Å². The molecule has 0 radical (unpaired) electrons. The third-order valence-electron chi connectivity index (χ3n) is 3.27. The van der Waals surface area contributed by atoms with Crippen molar-refractivity contribution in [3.8, 4) is 5.75 Å². The minimum atomic E-state index is 0.544. The summed E-state index contributed by atoms with van der Waals surface area (Å²) in [6.45, 7) is 5.20. The van der Waals surface area contributed by atoms with Crippen LogP contribution in [-0.4, -0.2) is 19.7 Å². The Balaban J connectivity index is 1.88. The smallest absolute Gasteiger partial charge is 0.119 e. The Morgan fingerprint density at radius 2 is 1.85 bits per heavy atom. The van der Waals surface area contributed by atoms with Crippen LogP contribution in [0.5, 0.6) is 5.75 Å². The average Bonchev–Trinajstić information content (AvgIpc) is 2.52. The molecule has 0 bridgehead atoms. The lowest BCUT2D eigenvalue weighted by atomic mass is 10.2. The van der Waals surface area contributed by atoms with Gasteiger partial charge in [-0.25, -0.2) is 0 Å². The summed E-state index contributed by atoms with van der Waals surface area (Å²) in [5.74, 6) is 0.886. The highest BCUT2D eigenvalue weighted by atomic mass is 16.5. The van der Waals surface area contributed by atoms with Crippen LogP contribution in [0.2, 0.25) is 0 Å². The quantitative estimate of drug-likeness (QED) is 0.840. The van der Waals surface area contributed by atoms with Crippen molar-refractivity contribution < 1.29 is 4.74 Å². The van der Waals surface area contributed by atoms with Gasteiger partial charge in [-0.1, -0.05) is 30.3 Å². The standard InChI is InChI=1S/C17H22N2O/c1-2-19(16-8-4-3-5-9-16)11-12-20-17-10-6-7-15(13-17)14-18/h3-10,13H,2,11-12,14,18H2,1H3. The molecule has 0 atom stereocenters. The number of ether oxygens (including phenoxy) is 1. The zero-order chi connectivity index (χ0) is 14.2. The molecule has 0 saturated carbocycles. The Hall–Kier alpha value is -2.00. The molecular formula is C17H22N2O. The minimum Gasteiger partial charge on any atom is -0.492 e. The molecule has 106 valence electrons. The first kappa shape index (κ1) is 14.4. The van der Waals surface area contributed by atoms with E-state index >= 15 is 0 Å². The maximum Gasteiger partial charge on any atom is 0.119 e. The summed E-state index contributed by atoms with van der Waals surface area (Å²) in [7, 11) is 0. The number of nitrogens with two attached hydrogens (primary N) is 1.